The monoisotopic (exact) mass is 472 g/mol. The molecule has 2 heterocycles. The molecular formula is C20H36N6O5S. The number of nitrogens with zero attached hydrogens (tertiary/aromatic N) is 4. The molecule has 0 aliphatic carbocycles. The van der Waals surface area contributed by atoms with Gasteiger partial charge in [0.2, 0.25) is 15.9 Å². The first kappa shape index (κ1) is 26.1. The van der Waals surface area contributed by atoms with E-state index < -0.39 is 21.3 Å². The second kappa shape index (κ2) is 10.6. The molecule has 1 saturated heterocycles. The van der Waals surface area contributed by atoms with Crippen molar-refractivity contribution in [1.29, 1.82) is 0 Å². The van der Waals surface area contributed by atoms with Gasteiger partial charge in [-0.1, -0.05) is 27.7 Å². The second-order valence-electron chi connectivity index (χ2n) is 8.97. The molecule has 0 atom stereocenters. The molecule has 182 valence electrons. The highest BCUT2D eigenvalue weighted by Crippen LogP contribution is 2.20. The van der Waals surface area contributed by atoms with Crippen LogP contribution < -0.4 is 21.9 Å². The zero-order valence-electron chi connectivity index (χ0n) is 19.6. The van der Waals surface area contributed by atoms with Crippen molar-refractivity contribution in [3.63, 3.8) is 0 Å². The van der Waals surface area contributed by atoms with Gasteiger partial charge in [-0.3, -0.25) is 24.0 Å². The number of amides is 1. The molecular weight excluding hydrogens is 436 g/mol. The quantitative estimate of drug-likeness (QED) is 0.504. The van der Waals surface area contributed by atoms with Crippen LogP contribution in [0.1, 0.15) is 34.6 Å². The van der Waals surface area contributed by atoms with Gasteiger partial charge >= 0.3 is 5.69 Å². The Balaban J connectivity index is 2.29. The molecule has 0 saturated carbocycles. The lowest BCUT2D eigenvalue weighted by molar-refractivity contribution is -0.120. The van der Waals surface area contributed by atoms with E-state index in [4.69, 9.17) is 5.73 Å². The van der Waals surface area contributed by atoms with E-state index in [1.54, 1.807) is 6.92 Å². The number of aromatic nitrogens is 2. The van der Waals surface area contributed by atoms with Crippen LogP contribution in [-0.4, -0.2) is 78.1 Å². The summed E-state index contributed by atoms with van der Waals surface area (Å²) in [4.78, 5) is 43.7. The topological polar surface area (TPSA) is 142 Å². The molecule has 32 heavy (non-hydrogen) atoms. The third-order valence-corrected chi connectivity index (χ3v) is 7.21. The Morgan fingerprint density at radius 3 is 2.19 bits per heavy atom. The van der Waals surface area contributed by atoms with E-state index in [0.717, 1.165) is 0 Å². The van der Waals surface area contributed by atoms with Crippen molar-refractivity contribution in [1.82, 2.24) is 18.8 Å². The van der Waals surface area contributed by atoms with Gasteiger partial charge in [0.15, 0.2) is 5.69 Å². The van der Waals surface area contributed by atoms with Crippen molar-refractivity contribution in [2.45, 2.75) is 41.2 Å². The third-order valence-electron chi connectivity index (χ3n) is 5.33. The summed E-state index contributed by atoms with van der Waals surface area (Å²) < 4.78 is 26.8. The lowest BCUT2D eigenvalue weighted by Crippen LogP contribution is -2.53. The summed E-state index contributed by atoms with van der Waals surface area (Å²) in [6.07, 6.45) is 0. The number of nitrogen functional groups attached to an aromatic ring is 1. The molecule has 2 rings (SSSR count). The maximum absolute atomic E-state index is 13.3. The number of H-pyrrole nitrogens is 1. The van der Waals surface area contributed by atoms with Gasteiger partial charge < -0.3 is 10.6 Å². The zero-order valence-corrected chi connectivity index (χ0v) is 20.4. The SMILES string of the molecule is CCS(=O)(=O)N1CCN(CC(=O)N(CC(C)C)c2c(N)n(CC(C)C)c(=O)[nH]c2=O)CC1. The fraction of sp³-hybridized carbons (Fsp3) is 0.750. The average molecular weight is 473 g/mol. The highest BCUT2D eigenvalue weighted by atomic mass is 32.2. The number of anilines is 2. The number of aromatic amines is 1. The first-order valence-corrected chi connectivity index (χ1v) is 12.6. The summed E-state index contributed by atoms with van der Waals surface area (Å²) in [6, 6.07) is 0. The van der Waals surface area contributed by atoms with E-state index in [1.807, 2.05) is 32.6 Å². The molecule has 1 aromatic heterocycles. The minimum atomic E-state index is -3.26. The minimum Gasteiger partial charge on any atom is -0.383 e. The maximum Gasteiger partial charge on any atom is 0.330 e. The molecule has 3 N–H and O–H groups in total. The van der Waals surface area contributed by atoms with Gasteiger partial charge in [-0.25, -0.2) is 13.2 Å². The first-order valence-electron chi connectivity index (χ1n) is 11.0. The Bertz CT molecular complexity index is 1020. The number of nitrogens with one attached hydrogen (secondary N) is 1. The van der Waals surface area contributed by atoms with Crippen LogP contribution in [0.15, 0.2) is 9.59 Å². The lowest BCUT2D eigenvalue weighted by atomic mass is 10.2. The van der Waals surface area contributed by atoms with E-state index in [-0.39, 0.29) is 48.1 Å². The zero-order chi connectivity index (χ0) is 24.2. The van der Waals surface area contributed by atoms with Crippen LogP contribution in [0.4, 0.5) is 11.5 Å². The number of hydrogen-bond acceptors (Lipinski definition) is 7. The van der Waals surface area contributed by atoms with Crippen molar-refractivity contribution in [2.75, 3.05) is 55.7 Å². The number of carbonyl (C=O) groups excluding carboxylic acids is 1. The molecule has 0 spiro atoms. The van der Waals surface area contributed by atoms with E-state index in [0.29, 0.717) is 32.7 Å². The van der Waals surface area contributed by atoms with Crippen LogP contribution in [0.5, 0.6) is 0 Å². The lowest BCUT2D eigenvalue weighted by Gasteiger charge is -2.35. The maximum atomic E-state index is 13.3. The molecule has 1 aromatic rings. The smallest absolute Gasteiger partial charge is 0.330 e. The summed E-state index contributed by atoms with van der Waals surface area (Å²) in [5.74, 6) is -0.145. The van der Waals surface area contributed by atoms with Gasteiger partial charge in [0.25, 0.3) is 5.56 Å². The van der Waals surface area contributed by atoms with Gasteiger partial charge in [-0.15, -0.1) is 0 Å². The molecule has 11 nitrogen and oxygen atoms in total. The first-order chi connectivity index (χ1) is 14.9. The number of piperazine rings is 1. The molecule has 0 bridgehead atoms. The van der Waals surface area contributed by atoms with Crippen molar-refractivity contribution in [3.8, 4) is 0 Å². The Morgan fingerprint density at radius 1 is 1.09 bits per heavy atom. The normalized spacial score (nSPS) is 16.1. The minimum absolute atomic E-state index is 0.0175. The summed E-state index contributed by atoms with van der Waals surface area (Å²) in [5.41, 5.74) is 4.91. The van der Waals surface area contributed by atoms with Crippen LogP contribution in [0.25, 0.3) is 0 Å². The molecule has 12 heteroatoms. The third kappa shape index (κ3) is 6.20. The van der Waals surface area contributed by atoms with Crippen LogP contribution in [0.2, 0.25) is 0 Å². The standard InChI is InChI=1S/C20H36N6O5S/c1-6-32(30,31)24-9-7-23(8-10-24)13-16(27)25(11-14(2)3)17-18(21)26(12-15(4)5)20(29)22-19(17)28/h14-15H,6-13,21H2,1-5H3,(H,22,28,29). The number of sulfonamides is 1. The Morgan fingerprint density at radius 2 is 1.69 bits per heavy atom. The van der Waals surface area contributed by atoms with Gasteiger partial charge in [-0.05, 0) is 18.8 Å². The summed E-state index contributed by atoms with van der Waals surface area (Å²) in [5, 5.41) is 0. The fourth-order valence-corrected chi connectivity index (χ4v) is 4.78. The van der Waals surface area contributed by atoms with Crippen LogP contribution in [0.3, 0.4) is 0 Å². The van der Waals surface area contributed by atoms with Gasteiger partial charge in [0.1, 0.15) is 5.82 Å². The van der Waals surface area contributed by atoms with Crippen molar-refractivity contribution < 1.29 is 13.2 Å². The number of rotatable bonds is 9. The molecule has 0 unspecified atom stereocenters. The highest BCUT2D eigenvalue weighted by Gasteiger charge is 2.30. The average Bonchev–Trinajstić information content (AvgIpc) is 2.70. The van der Waals surface area contributed by atoms with Crippen LogP contribution >= 0.6 is 0 Å². The number of carbonyl (C=O) groups is 1. The summed E-state index contributed by atoms with van der Waals surface area (Å²) in [6.45, 7) is 11.3. The second-order valence-corrected chi connectivity index (χ2v) is 11.2. The highest BCUT2D eigenvalue weighted by molar-refractivity contribution is 7.89. The Hall–Kier alpha value is -2.18. The van der Waals surface area contributed by atoms with Crippen LogP contribution in [0, 0.1) is 11.8 Å². The van der Waals surface area contributed by atoms with Crippen molar-refractivity contribution in [2.24, 2.45) is 11.8 Å². The summed E-state index contributed by atoms with van der Waals surface area (Å²) in [7, 11) is -3.26. The predicted molar refractivity (Wildman–Crippen MR) is 125 cm³/mol. The summed E-state index contributed by atoms with van der Waals surface area (Å²) >= 11 is 0. The Labute approximate surface area is 189 Å². The Kier molecular flexibility index (Phi) is 8.66. The fourth-order valence-electron chi connectivity index (χ4n) is 3.69. The largest absolute Gasteiger partial charge is 0.383 e. The van der Waals surface area contributed by atoms with E-state index in [9.17, 15) is 22.8 Å². The van der Waals surface area contributed by atoms with Crippen molar-refractivity contribution >= 4 is 27.4 Å². The van der Waals surface area contributed by atoms with Gasteiger partial charge in [0, 0.05) is 39.3 Å². The predicted octanol–water partition coefficient (Wildman–Crippen LogP) is -0.269. The van der Waals surface area contributed by atoms with E-state index in [2.05, 4.69) is 4.98 Å². The number of nitrogens with two attached hydrogens (primary N) is 1. The van der Waals surface area contributed by atoms with Crippen molar-refractivity contribution in [3.05, 3.63) is 20.8 Å². The number of hydrogen-bond donors (Lipinski definition) is 2. The van der Waals surface area contributed by atoms with Gasteiger partial charge in [-0.2, -0.15) is 4.31 Å². The van der Waals surface area contributed by atoms with Gasteiger partial charge in [0.05, 0.1) is 12.3 Å². The molecule has 1 amide bonds. The van der Waals surface area contributed by atoms with Crippen LogP contribution in [-0.2, 0) is 21.4 Å². The molecule has 1 aliphatic rings. The molecule has 1 aliphatic heterocycles. The molecule has 1 fully saturated rings. The van der Waals surface area contributed by atoms with E-state index in [1.165, 1.54) is 13.8 Å². The molecule has 0 aromatic carbocycles. The van der Waals surface area contributed by atoms with E-state index >= 15 is 0 Å². The molecule has 0 radical (unpaired) electrons.